The Kier molecular flexibility index (Phi) is 3.12. The van der Waals surface area contributed by atoms with Crippen molar-refractivity contribution in [3.8, 4) is 11.5 Å². The number of halogens is 1. The first-order valence-electron chi connectivity index (χ1n) is 5.78. The minimum Gasteiger partial charge on any atom is -0.465 e. The monoisotopic (exact) mass is 288 g/mol. The number of rotatable bonds is 2. The molecule has 0 aliphatic carbocycles. The van der Waals surface area contributed by atoms with Crippen LogP contribution in [0.15, 0.2) is 40.9 Å². The maximum absolute atomic E-state index is 11.5. The van der Waals surface area contributed by atoms with Gasteiger partial charge in [-0.2, -0.15) is 0 Å². The lowest BCUT2D eigenvalue weighted by Gasteiger charge is -1.96. The molecule has 5 nitrogen and oxygen atoms in total. The third-order valence-corrected chi connectivity index (χ3v) is 3.01. The summed E-state index contributed by atoms with van der Waals surface area (Å²) in [6, 6.07) is 8.36. The summed E-state index contributed by atoms with van der Waals surface area (Å²) >= 11 is 5.74. The number of methoxy groups -OCH3 is 1. The fourth-order valence-electron chi connectivity index (χ4n) is 1.80. The van der Waals surface area contributed by atoms with E-state index < -0.39 is 5.97 Å². The molecule has 0 saturated carbocycles. The van der Waals surface area contributed by atoms with E-state index in [9.17, 15) is 4.79 Å². The van der Waals surface area contributed by atoms with E-state index in [2.05, 4.69) is 14.7 Å². The van der Waals surface area contributed by atoms with Crippen LogP contribution < -0.4 is 0 Å². The van der Waals surface area contributed by atoms with Crippen molar-refractivity contribution in [2.24, 2.45) is 0 Å². The Morgan fingerprint density at radius 1 is 1.30 bits per heavy atom. The minimum atomic E-state index is -0.412. The highest BCUT2D eigenvalue weighted by Crippen LogP contribution is 2.25. The molecule has 0 atom stereocenters. The zero-order valence-electron chi connectivity index (χ0n) is 10.5. The van der Waals surface area contributed by atoms with Gasteiger partial charge in [0.1, 0.15) is 10.7 Å². The second kappa shape index (κ2) is 4.94. The molecule has 100 valence electrons. The van der Waals surface area contributed by atoms with Gasteiger partial charge in [0.25, 0.3) is 0 Å². The lowest BCUT2D eigenvalue weighted by molar-refractivity contribution is 0.0601. The van der Waals surface area contributed by atoms with Crippen LogP contribution in [0.1, 0.15) is 10.4 Å². The molecule has 1 aromatic carbocycles. The van der Waals surface area contributed by atoms with Gasteiger partial charge in [-0.05, 0) is 30.3 Å². The molecule has 6 heteroatoms. The van der Waals surface area contributed by atoms with Crippen LogP contribution in [0.4, 0.5) is 0 Å². The lowest BCUT2D eigenvalue weighted by atomic mass is 10.2. The van der Waals surface area contributed by atoms with Gasteiger partial charge in [-0.15, -0.1) is 0 Å². The van der Waals surface area contributed by atoms with E-state index in [1.807, 2.05) is 0 Å². The molecule has 0 aliphatic rings. The summed E-state index contributed by atoms with van der Waals surface area (Å²) in [5.74, 6) is 0.00999. The fraction of sp³-hybridized carbons (Fsp3) is 0.0714. The van der Waals surface area contributed by atoms with Crippen molar-refractivity contribution in [3.63, 3.8) is 0 Å². The zero-order valence-corrected chi connectivity index (χ0v) is 11.2. The first-order chi connectivity index (χ1) is 9.67. The quantitative estimate of drug-likeness (QED) is 0.534. The predicted octanol–water partition coefficient (Wildman–Crippen LogP) is 3.33. The third-order valence-electron chi connectivity index (χ3n) is 2.78. The number of ether oxygens (including phenoxy) is 1. The summed E-state index contributed by atoms with van der Waals surface area (Å²) in [5, 5.41) is 0.401. The molecular weight excluding hydrogens is 280 g/mol. The van der Waals surface area contributed by atoms with Gasteiger partial charge < -0.3 is 9.15 Å². The SMILES string of the molecule is COC(=O)c1ccc2oc(-c3ccc(Cl)nc3)nc2c1. The molecule has 0 radical (unpaired) electrons. The number of hydrogen-bond donors (Lipinski definition) is 0. The van der Waals surface area contributed by atoms with Gasteiger partial charge in [-0.3, -0.25) is 0 Å². The summed E-state index contributed by atoms with van der Waals surface area (Å²) < 4.78 is 10.3. The number of esters is 1. The van der Waals surface area contributed by atoms with Gasteiger partial charge in [0.15, 0.2) is 5.58 Å². The van der Waals surface area contributed by atoms with Crippen molar-refractivity contribution >= 4 is 28.7 Å². The number of hydrogen-bond acceptors (Lipinski definition) is 5. The largest absolute Gasteiger partial charge is 0.465 e. The second-order valence-electron chi connectivity index (χ2n) is 4.06. The molecule has 0 aliphatic heterocycles. The van der Waals surface area contributed by atoms with Crippen molar-refractivity contribution in [1.82, 2.24) is 9.97 Å². The molecule has 2 heterocycles. The number of pyridine rings is 1. The summed E-state index contributed by atoms with van der Waals surface area (Å²) in [7, 11) is 1.33. The van der Waals surface area contributed by atoms with Crippen LogP contribution >= 0.6 is 11.6 Å². The second-order valence-corrected chi connectivity index (χ2v) is 4.45. The molecule has 0 unspecified atom stereocenters. The molecule has 20 heavy (non-hydrogen) atoms. The summed E-state index contributed by atoms with van der Waals surface area (Å²) in [6.45, 7) is 0. The maximum Gasteiger partial charge on any atom is 0.337 e. The van der Waals surface area contributed by atoms with E-state index in [4.69, 9.17) is 16.0 Å². The maximum atomic E-state index is 11.5. The number of nitrogens with zero attached hydrogens (tertiary/aromatic N) is 2. The van der Waals surface area contributed by atoms with E-state index in [1.54, 1.807) is 36.5 Å². The third kappa shape index (κ3) is 2.23. The number of carbonyl (C=O) groups is 1. The Morgan fingerprint density at radius 3 is 2.85 bits per heavy atom. The Hall–Kier alpha value is -2.40. The van der Waals surface area contributed by atoms with E-state index in [1.165, 1.54) is 7.11 Å². The zero-order chi connectivity index (χ0) is 14.1. The molecular formula is C14H9ClN2O3. The van der Waals surface area contributed by atoms with Crippen molar-refractivity contribution in [2.45, 2.75) is 0 Å². The first kappa shape index (κ1) is 12.6. The molecule has 0 spiro atoms. The standard InChI is InChI=1S/C14H9ClN2O3/c1-19-14(18)8-2-4-11-10(6-8)17-13(20-11)9-3-5-12(15)16-7-9/h2-7H,1H3. The van der Waals surface area contributed by atoms with Crippen molar-refractivity contribution < 1.29 is 13.9 Å². The van der Waals surface area contributed by atoms with Crippen LogP contribution in [0, 0.1) is 0 Å². The first-order valence-corrected chi connectivity index (χ1v) is 6.16. The molecule has 0 fully saturated rings. The topological polar surface area (TPSA) is 65.2 Å². The van der Waals surface area contributed by atoms with Crippen LogP contribution in [0.3, 0.4) is 0 Å². The summed E-state index contributed by atoms with van der Waals surface area (Å²) in [5.41, 5.74) is 2.31. The molecule has 0 amide bonds. The van der Waals surface area contributed by atoms with Crippen LogP contribution in [0.25, 0.3) is 22.6 Å². The smallest absolute Gasteiger partial charge is 0.337 e. The number of aromatic nitrogens is 2. The van der Waals surface area contributed by atoms with Gasteiger partial charge in [-0.1, -0.05) is 11.6 Å². The normalized spacial score (nSPS) is 10.7. The Labute approximate surface area is 119 Å². The minimum absolute atomic E-state index is 0.401. The lowest BCUT2D eigenvalue weighted by Crippen LogP contribution is -2.00. The van der Waals surface area contributed by atoms with Gasteiger partial charge in [-0.25, -0.2) is 14.8 Å². The van der Waals surface area contributed by atoms with E-state index in [-0.39, 0.29) is 0 Å². The fourth-order valence-corrected chi connectivity index (χ4v) is 1.91. The Bertz CT molecular complexity index is 781. The number of fused-ring (bicyclic) bond motifs is 1. The molecule has 3 rings (SSSR count). The number of carbonyl (C=O) groups excluding carboxylic acids is 1. The Balaban J connectivity index is 2.06. The van der Waals surface area contributed by atoms with Crippen molar-refractivity contribution in [3.05, 3.63) is 47.2 Å². The van der Waals surface area contributed by atoms with Gasteiger partial charge in [0.2, 0.25) is 5.89 Å². The van der Waals surface area contributed by atoms with Crippen molar-refractivity contribution in [2.75, 3.05) is 7.11 Å². The average molecular weight is 289 g/mol. The molecule has 0 saturated heterocycles. The van der Waals surface area contributed by atoms with Crippen LogP contribution in [-0.2, 0) is 4.74 Å². The highest BCUT2D eigenvalue weighted by atomic mass is 35.5. The molecule has 3 aromatic rings. The van der Waals surface area contributed by atoms with Gasteiger partial charge >= 0.3 is 5.97 Å². The summed E-state index contributed by atoms with van der Waals surface area (Å²) in [6.07, 6.45) is 1.58. The number of benzene rings is 1. The van der Waals surface area contributed by atoms with E-state index in [0.717, 1.165) is 0 Å². The van der Waals surface area contributed by atoms with Gasteiger partial charge in [0.05, 0.1) is 18.2 Å². The highest BCUT2D eigenvalue weighted by Gasteiger charge is 2.12. The Morgan fingerprint density at radius 2 is 2.15 bits per heavy atom. The van der Waals surface area contributed by atoms with Crippen LogP contribution in [0.2, 0.25) is 5.15 Å². The van der Waals surface area contributed by atoms with Gasteiger partial charge in [0, 0.05) is 6.20 Å². The number of oxazole rings is 1. The summed E-state index contributed by atoms with van der Waals surface area (Å²) in [4.78, 5) is 19.8. The molecule has 2 aromatic heterocycles. The van der Waals surface area contributed by atoms with E-state index >= 15 is 0 Å². The van der Waals surface area contributed by atoms with Crippen LogP contribution in [0.5, 0.6) is 0 Å². The predicted molar refractivity (Wildman–Crippen MR) is 73.6 cm³/mol. The highest BCUT2D eigenvalue weighted by molar-refractivity contribution is 6.29. The molecule has 0 N–H and O–H groups in total. The van der Waals surface area contributed by atoms with Crippen molar-refractivity contribution in [1.29, 1.82) is 0 Å². The average Bonchev–Trinajstić information content (AvgIpc) is 2.90. The molecule has 0 bridgehead atoms. The van der Waals surface area contributed by atoms with Crippen LogP contribution in [-0.4, -0.2) is 23.0 Å². The van der Waals surface area contributed by atoms with E-state index in [0.29, 0.717) is 33.3 Å².